The fraction of sp³-hybridized carbons (Fsp3) is 0.500. The van der Waals surface area contributed by atoms with E-state index in [-0.39, 0.29) is 6.04 Å². The highest BCUT2D eigenvalue weighted by Crippen LogP contribution is 2.30. The molecular formula is C14H20N2O3. The van der Waals surface area contributed by atoms with E-state index in [1.54, 1.807) is 24.3 Å². The first-order valence-electron chi connectivity index (χ1n) is 6.45. The normalized spacial score (nSPS) is 12.9. The van der Waals surface area contributed by atoms with Gasteiger partial charge in [-0.2, -0.15) is 5.10 Å². The summed E-state index contributed by atoms with van der Waals surface area (Å²) in [5, 5.41) is 14.6. The van der Waals surface area contributed by atoms with Gasteiger partial charge < -0.3 is 14.3 Å². The molecule has 0 amide bonds. The van der Waals surface area contributed by atoms with Crippen molar-refractivity contribution in [2.45, 2.75) is 38.8 Å². The second-order valence-electron chi connectivity index (χ2n) is 4.77. The average molecular weight is 264 g/mol. The van der Waals surface area contributed by atoms with Crippen molar-refractivity contribution in [2.24, 2.45) is 0 Å². The van der Waals surface area contributed by atoms with Crippen molar-refractivity contribution in [1.82, 2.24) is 9.78 Å². The first-order chi connectivity index (χ1) is 9.13. The SMILES string of the molecule is COc1cnn(C(C)C)c1C(O)CCc1ccco1. The molecule has 1 N–H and O–H groups in total. The summed E-state index contributed by atoms with van der Waals surface area (Å²) in [6.45, 7) is 4.05. The molecule has 0 aliphatic carbocycles. The number of aliphatic hydroxyl groups excluding tert-OH is 1. The van der Waals surface area contributed by atoms with Gasteiger partial charge in [0.05, 0.1) is 25.7 Å². The van der Waals surface area contributed by atoms with Gasteiger partial charge in [0.15, 0.2) is 5.75 Å². The minimum absolute atomic E-state index is 0.178. The third kappa shape index (κ3) is 2.98. The van der Waals surface area contributed by atoms with Crippen LogP contribution in [0.15, 0.2) is 29.0 Å². The van der Waals surface area contributed by atoms with Gasteiger partial charge in [0, 0.05) is 12.5 Å². The maximum atomic E-state index is 10.4. The molecule has 104 valence electrons. The van der Waals surface area contributed by atoms with Crippen LogP contribution in [0.3, 0.4) is 0 Å². The topological polar surface area (TPSA) is 60.4 Å². The number of aliphatic hydroxyl groups is 1. The van der Waals surface area contributed by atoms with Gasteiger partial charge in [-0.15, -0.1) is 0 Å². The summed E-state index contributed by atoms with van der Waals surface area (Å²) in [4.78, 5) is 0. The molecule has 0 aliphatic rings. The highest BCUT2D eigenvalue weighted by molar-refractivity contribution is 5.27. The molecule has 5 heteroatoms. The summed E-state index contributed by atoms with van der Waals surface area (Å²) in [7, 11) is 1.59. The van der Waals surface area contributed by atoms with Crippen molar-refractivity contribution in [2.75, 3.05) is 7.11 Å². The van der Waals surface area contributed by atoms with E-state index in [0.717, 1.165) is 11.5 Å². The molecule has 5 nitrogen and oxygen atoms in total. The van der Waals surface area contributed by atoms with Crippen molar-refractivity contribution in [3.8, 4) is 5.75 Å². The molecule has 0 aliphatic heterocycles. The van der Waals surface area contributed by atoms with Crippen LogP contribution in [-0.2, 0) is 6.42 Å². The highest BCUT2D eigenvalue weighted by atomic mass is 16.5. The zero-order valence-electron chi connectivity index (χ0n) is 11.5. The van der Waals surface area contributed by atoms with Gasteiger partial charge in [-0.3, -0.25) is 4.68 Å². The van der Waals surface area contributed by atoms with E-state index in [2.05, 4.69) is 5.10 Å². The van der Waals surface area contributed by atoms with Crippen LogP contribution in [0.4, 0.5) is 0 Å². The van der Waals surface area contributed by atoms with Gasteiger partial charge in [-0.1, -0.05) is 0 Å². The molecule has 19 heavy (non-hydrogen) atoms. The summed E-state index contributed by atoms with van der Waals surface area (Å²) in [6, 6.07) is 3.93. The quantitative estimate of drug-likeness (QED) is 0.871. The smallest absolute Gasteiger partial charge is 0.162 e. The molecule has 0 fully saturated rings. The molecule has 0 radical (unpaired) electrons. The van der Waals surface area contributed by atoms with Crippen molar-refractivity contribution in [1.29, 1.82) is 0 Å². The zero-order chi connectivity index (χ0) is 13.8. The number of nitrogens with zero attached hydrogens (tertiary/aromatic N) is 2. The summed E-state index contributed by atoms with van der Waals surface area (Å²) >= 11 is 0. The predicted octanol–water partition coefficient (Wildman–Crippen LogP) is 2.73. The molecule has 2 aromatic rings. The Morgan fingerprint density at radius 2 is 2.26 bits per heavy atom. The van der Waals surface area contributed by atoms with Crippen LogP contribution in [0, 0.1) is 0 Å². The van der Waals surface area contributed by atoms with E-state index >= 15 is 0 Å². The lowest BCUT2D eigenvalue weighted by Gasteiger charge is -2.16. The van der Waals surface area contributed by atoms with Gasteiger partial charge in [-0.05, 0) is 32.4 Å². The molecule has 0 bridgehead atoms. The monoisotopic (exact) mass is 264 g/mol. The second kappa shape index (κ2) is 5.93. The lowest BCUT2D eigenvalue weighted by molar-refractivity contribution is 0.148. The van der Waals surface area contributed by atoms with Gasteiger partial charge in [0.2, 0.25) is 0 Å². The summed E-state index contributed by atoms with van der Waals surface area (Å²) in [5.41, 5.74) is 0.726. The van der Waals surface area contributed by atoms with Crippen LogP contribution in [-0.4, -0.2) is 22.0 Å². The van der Waals surface area contributed by atoms with E-state index in [4.69, 9.17) is 9.15 Å². The summed E-state index contributed by atoms with van der Waals surface area (Å²) in [5.74, 6) is 1.49. The van der Waals surface area contributed by atoms with E-state index in [1.165, 1.54) is 0 Å². The Hall–Kier alpha value is -1.75. The molecule has 0 spiro atoms. The third-order valence-electron chi connectivity index (χ3n) is 3.07. The molecule has 1 atom stereocenters. The van der Waals surface area contributed by atoms with Gasteiger partial charge >= 0.3 is 0 Å². The second-order valence-corrected chi connectivity index (χ2v) is 4.77. The zero-order valence-corrected chi connectivity index (χ0v) is 11.5. The largest absolute Gasteiger partial charge is 0.493 e. The minimum atomic E-state index is -0.620. The highest BCUT2D eigenvalue weighted by Gasteiger charge is 2.21. The Labute approximate surface area is 112 Å². The maximum Gasteiger partial charge on any atom is 0.162 e. The Morgan fingerprint density at radius 3 is 2.84 bits per heavy atom. The molecule has 0 aromatic carbocycles. The Bertz CT molecular complexity index is 503. The van der Waals surface area contributed by atoms with Gasteiger partial charge in [-0.25, -0.2) is 0 Å². The Morgan fingerprint density at radius 1 is 1.47 bits per heavy atom. The minimum Gasteiger partial charge on any atom is -0.493 e. The third-order valence-corrected chi connectivity index (χ3v) is 3.07. The molecule has 2 heterocycles. The van der Waals surface area contributed by atoms with Crippen molar-refractivity contribution < 1.29 is 14.3 Å². The van der Waals surface area contributed by atoms with Crippen molar-refractivity contribution >= 4 is 0 Å². The van der Waals surface area contributed by atoms with E-state index in [0.29, 0.717) is 18.6 Å². The molecule has 0 saturated carbocycles. The lowest BCUT2D eigenvalue weighted by Crippen LogP contribution is -2.12. The molecule has 0 saturated heterocycles. The van der Waals surface area contributed by atoms with E-state index < -0.39 is 6.10 Å². The number of aromatic nitrogens is 2. The molecule has 2 rings (SSSR count). The fourth-order valence-electron chi connectivity index (χ4n) is 2.11. The number of furan rings is 1. The number of hydrogen-bond acceptors (Lipinski definition) is 4. The summed E-state index contributed by atoms with van der Waals surface area (Å²) < 4.78 is 12.3. The number of hydrogen-bond donors (Lipinski definition) is 1. The molecular weight excluding hydrogens is 244 g/mol. The Balaban J connectivity index is 2.13. The fourth-order valence-corrected chi connectivity index (χ4v) is 2.11. The molecule has 2 aromatic heterocycles. The van der Waals surface area contributed by atoms with Gasteiger partial charge in [0.25, 0.3) is 0 Å². The van der Waals surface area contributed by atoms with E-state index in [1.807, 2.05) is 26.0 Å². The maximum absolute atomic E-state index is 10.4. The van der Waals surface area contributed by atoms with E-state index in [9.17, 15) is 5.11 Å². The van der Waals surface area contributed by atoms with Crippen molar-refractivity contribution in [3.05, 3.63) is 36.0 Å². The number of rotatable bonds is 6. The Kier molecular flexibility index (Phi) is 4.27. The summed E-state index contributed by atoms with van der Waals surface area (Å²) in [6.07, 6.45) is 3.92. The van der Waals surface area contributed by atoms with Crippen LogP contribution in [0.1, 0.15) is 43.9 Å². The van der Waals surface area contributed by atoms with Crippen LogP contribution in [0.5, 0.6) is 5.75 Å². The number of aryl methyl sites for hydroxylation is 1. The number of methoxy groups -OCH3 is 1. The van der Waals surface area contributed by atoms with Crippen LogP contribution < -0.4 is 4.74 Å². The number of ether oxygens (including phenoxy) is 1. The van der Waals surface area contributed by atoms with Gasteiger partial charge in [0.1, 0.15) is 11.5 Å². The first-order valence-corrected chi connectivity index (χ1v) is 6.45. The lowest BCUT2D eigenvalue weighted by atomic mass is 10.1. The predicted molar refractivity (Wildman–Crippen MR) is 71.2 cm³/mol. The van der Waals surface area contributed by atoms with Crippen LogP contribution in [0.25, 0.3) is 0 Å². The standard InChI is InChI=1S/C14H20N2O3/c1-10(2)16-14(13(18-3)9-15-16)12(17)7-6-11-5-4-8-19-11/h4-5,8-10,12,17H,6-7H2,1-3H3. The molecule has 1 unspecified atom stereocenters. The van der Waals surface area contributed by atoms with Crippen LogP contribution >= 0.6 is 0 Å². The van der Waals surface area contributed by atoms with Crippen LogP contribution in [0.2, 0.25) is 0 Å². The average Bonchev–Trinajstić information content (AvgIpc) is 3.04. The van der Waals surface area contributed by atoms with Crippen molar-refractivity contribution in [3.63, 3.8) is 0 Å². The first kappa shape index (κ1) is 13.7.